The molecule has 252 valence electrons. The summed E-state index contributed by atoms with van der Waals surface area (Å²) in [6.45, 7) is 0. The van der Waals surface area contributed by atoms with Crippen LogP contribution >= 0.6 is 0 Å². The molecule has 10 aromatic rings. The Morgan fingerprint density at radius 2 is 0.593 bits per heavy atom. The molecule has 54 heavy (non-hydrogen) atoms. The topological polar surface area (TPSA) is 38.7 Å². The van der Waals surface area contributed by atoms with Crippen LogP contribution in [0.4, 0.5) is 0 Å². The van der Waals surface area contributed by atoms with Crippen LogP contribution in [0.2, 0.25) is 0 Å². The average Bonchev–Trinajstić information content (AvgIpc) is 3.26. The Balaban J connectivity index is 1.21. The van der Waals surface area contributed by atoms with Crippen molar-refractivity contribution in [2.24, 2.45) is 0 Å². The Hall–Kier alpha value is -7.23. The molecule has 0 unspecified atom stereocenters. The molecule has 0 bridgehead atoms. The van der Waals surface area contributed by atoms with Crippen LogP contribution in [0.1, 0.15) is 0 Å². The molecule has 0 saturated heterocycles. The number of hydrogen-bond acceptors (Lipinski definition) is 3. The van der Waals surface area contributed by atoms with Gasteiger partial charge in [-0.15, -0.1) is 0 Å². The monoisotopic (exact) mass is 687 g/mol. The Morgan fingerprint density at radius 3 is 1.13 bits per heavy atom. The van der Waals surface area contributed by atoms with Crippen molar-refractivity contribution in [3.05, 3.63) is 200 Å². The molecule has 10 rings (SSSR count). The maximum absolute atomic E-state index is 5.10. The molecular formula is C51H33N3. The van der Waals surface area contributed by atoms with Crippen LogP contribution in [-0.4, -0.2) is 15.0 Å². The number of rotatable bonds is 6. The van der Waals surface area contributed by atoms with Gasteiger partial charge in [0.15, 0.2) is 17.5 Å². The summed E-state index contributed by atoms with van der Waals surface area (Å²) in [6.07, 6.45) is 0. The number of fused-ring (bicyclic) bond motifs is 3. The van der Waals surface area contributed by atoms with E-state index in [1.165, 1.54) is 54.9 Å². The van der Waals surface area contributed by atoms with Crippen LogP contribution in [0.25, 0.3) is 99.9 Å². The third-order valence-electron chi connectivity index (χ3n) is 10.3. The Kier molecular flexibility index (Phi) is 7.81. The lowest BCUT2D eigenvalue weighted by atomic mass is 9.84. The van der Waals surface area contributed by atoms with E-state index in [0.29, 0.717) is 17.5 Å². The quantitative estimate of drug-likeness (QED) is 0.163. The molecular weight excluding hydrogens is 655 g/mol. The van der Waals surface area contributed by atoms with Crippen molar-refractivity contribution < 1.29 is 0 Å². The minimum atomic E-state index is 0.647. The van der Waals surface area contributed by atoms with Gasteiger partial charge in [-0.3, -0.25) is 0 Å². The summed E-state index contributed by atoms with van der Waals surface area (Å²) in [5, 5.41) is 7.11. The summed E-state index contributed by atoms with van der Waals surface area (Å²) in [4.78, 5) is 15.2. The number of hydrogen-bond donors (Lipinski definition) is 0. The molecule has 0 atom stereocenters. The first-order valence-corrected chi connectivity index (χ1v) is 18.3. The summed E-state index contributed by atoms with van der Waals surface area (Å²) < 4.78 is 0. The first-order chi connectivity index (χ1) is 26.8. The van der Waals surface area contributed by atoms with Crippen molar-refractivity contribution >= 4 is 32.3 Å². The van der Waals surface area contributed by atoms with Crippen LogP contribution < -0.4 is 0 Å². The van der Waals surface area contributed by atoms with E-state index in [9.17, 15) is 0 Å². The minimum absolute atomic E-state index is 0.647. The van der Waals surface area contributed by atoms with Crippen molar-refractivity contribution in [1.29, 1.82) is 0 Å². The van der Waals surface area contributed by atoms with Crippen LogP contribution in [0.15, 0.2) is 200 Å². The van der Waals surface area contributed by atoms with Crippen molar-refractivity contribution in [1.82, 2.24) is 15.0 Å². The second kappa shape index (κ2) is 13.4. The standard InChI is InChI=1S/C51H33N3/c1-4-17-34(18-5-1)37-23-16-24-38(33-37)47-41-27-12-14-29-43(41)48(44-30-15-13-28-42(44)47)45-31-32-46(40-26-11-10-25-39(40)45)51-53-49(35-19-6-2-7-20-35)52-50(54-51)36-21-8-3-9-22-36/h1-33H. The lowest BCUT2D eigenvalue weighted by Crippen LogP contribution is -2.00. The van der Waals surface area contributed by atoms with Crippen LogP contribution in [-0.2, 0) is 0 Å². The Morgan fingerprint density at radius 1 is 0.222 bits per heavy atom. The third-order valence-corrected chi connectivity index (χ3v) is 10.3. The predicted molar refractivity (Wildman–Crippen MR) is 225 cm³/mol. The van der Waals surface area contributed by atoms with Gasteiger partial charge in [0, 0.05) is 16.7 Å². The zero-order valence-electron chi connectivity index (χ0n) is 29.4. The van der Waals surface area contributed by atoms with E-state index in [1.807, 2.05) is 60.7 Å². The first-order valence-electron chi connectivity index (χ1n) is 18.3. The zero-order valence-corrected chi connectivity index (χ0v) is 29.4. The van der Waals surface area contributed by atoms with Gasteiger partial charge in [-0.2, -0.15) is 0 Å². The van der Waals surface area contributed by atoms with E-state index in [0.717, 1.165) is 27.5 Å². The summed E-state index contributed by atoms with van der Waals surface area (Å²) in [5.74, 6) is 1.95. The first kappa shape index (κ1) is 31.5. The highest BCUT2D eigenvalue weighted by molar-refractivity contribution is 6.24. The van der Waals surface area contributed by atoms with Crippen LogP contribution in [0, 0.1) is 0 Å². The highest BCUT2D eigenvalue weighted by Crippen LogP contribution is 2.46. The fourth-order valence-electron chi connectivity index (χ4n) is 7.86. The molecule has 1 heterocycles. The van der Waals surface area contributed by atoms with Crippen molar-refractivity contribution in [2.75, 3.05) is 0 Å². The molecule has 0 aliphatic carbocycles. The Bertz CT molecular complexity index is 2860. The van der Waals surface area contributed by atoms with E-state index >= 15 is 0 Å². The molecule has 0 saturated carbocycles. The molecule has 3 heteroatoms. The van der Waals surface area contributed by atoms with Crippen LogP contribution in [0.3, 0.4) is 0 Å². The SMILES string of the molecule is c1ccc(-c2cccc(-c3c4ccccc4c(-c4ccc(-c5nc(-c6ccccc6)nc(-c6ccccc6)n5)c5ccccc45)c4ccccc34)c2)cc1. The summed E-state index contributed by atoms with van der Waals surface area (Å²) >= 11 is 0. The van der Waals surface area contributed by atoms with Gasteiger partial charge >= 0.3 is 0 Å². The number of benzene rings is 9. The highest BCUT2D eigenvalue weighted by Gasteiger charge is 2.20. The molecule has 0 amide bonds. The van der Waals surface area contributed by atoms with Gasteiger partial charge in [0.2, 0.25) is 0 Å². The summed E-state index contributed by atoms with van der Waals surface area (Å²) in [7, 11) is 0. The van der Waals surface area contributed by atoms with Gasteiger partial charge in [-0.1, -0.05) is 188 Å². The smallest absolute Gasteiger partial charge is 0.164 e. The maximum atomic E-state index is 5.10. The summed E-state index contributed by atoms with van der Waals surface area (Å²) in [5.41, 5.74) is 10.1. The van der Waals surface area contributed by atoms with Gasteiger partial charge in [0.25, 0.3) is 0 Å². The van der Waals surface area contributed by atoms with Gasteiger partial charge in [0.05, 0.1) is 0 Å². The van der Waals surface area contributed by atoms with E-state index in [2.05, 4.69) is 140 Å². The zero-order chi connectivity index (χ0) is 35.8. The highest BCUT2D eigenvalue weighted by atomic mass is 15.0. The second-order valence-corrected chi connectivity index (χ2v) is 13.5. The number of aromatic nitrogens is 3. The largest absolute Gasteiger partial charge is 0.208 e. The maximum Gasteiger partial charge on any atom is 0.164 e. The van der Waals surface area contributed by atoms with Gasteiger partial charge < -0.3 is 0 Å². The van der Waals surface area contributed by atoms with Crippen molar-refractivity contribution in [3.63, 3.8) is 0 Å². The van der Waals surface area contributed by atoms with E-state index in [1.54, 1.807) is 0 Å². The van der Waals surface area contributed by atoms with Gasteiger partial charge in [-0.05, 0) is 77.8 Å². The van der Waals surface area contributed by atoms with Crippen molar-refractivity contribution in [3.8, 4) is 67.5 Å². The Labute approximate surface area is 313 Å². The summed E-state index contributed by atoms with van der Waals surface area (Å²) in [6, 6.07) is 70.7. The normalized spacial score (nSPS) is 11.3. The van der Waals surface area contributed by atoms with Crippen molar-refractivity contribution in [2.45, 2.75) is 0 Å². The van der Waals surface area contributed by atoms with E-state index in [4.69, 9.17) is 15.0 Å². The molecule has 1 aromatic heterocycles. The molecule has 0 radical (unpaired) electrons. The molecule has 9 aromatic carbocycles. The molecule has 0 fully saturated rings. The second-order valence-electron chi connectivity index (χ2n) is 13.5. The van der Waals surface area contributed by atoms with E-state index < -0.39 is 0 Å². The minimum Gasteiger partial charge on any atom is -0.208 e. The molecule has 0 N–H and O–H groups in total. The lowest BCUT2D eigenvalue weighted by molar-refractivity contribution is 1.08. The fraction of sp³-hybridized carbons (Fsp3) is 0. The van der Waals surface area contributed by atoms with Crippen LogP contribution in [0.5, 0.6) is 0 Å². The average molecular weight is 688 g/mol. The van der Waals surface area contributed by atoms with E-state index in [-0.39, 0.29) is 0 Å². The molecule has 3 nitrogen and oxygen atoms in total. The molecule has 0 spiro atoms. The number of nitrogens with zero attached hydrogens (tertiary/aromatic N) is 3. The predicted octanol–water partition coefficient (Wildman–Crippen LogP) is 13.3. The van der Waals surface area contributed by atoms with Gasteiger partial charge in [-0.25, -0.2) is 15.0 Å². The molecule has 0 aliphatic rings. The third kappa shape index (κ3) is 5.51. The lowest BCUT2D eigenvalue weighted by Gasteiger charge is -2.20. The fourth-order valence-corrected chi connectivity index (χ4v) is 7.86. The molecule has 0 aliphatic heterocycles. The van der Waals surface area contributed by atoms with Gasteiger partial charge in [0.1, 0.15) is 0 Å².